The van der Waals surface area contributed by atoms with E-state index in [-0.39, 0.29) is 62.9 Å². The van der Waals surface area contributed by atoms with Gasteiger partial charge in [0.25, 0.3) is 5.69 Å². The number of nitro groups is 1. The van der Waals surface area contributed by atoms with Crippen molar-refractivity contribution in [1.29, 1.82) is 0 Å². The number of rotatable bonds is 21. The molecule has 3 aromatic rings. The molecule has 13 nitrogen and oxygen atoms in total. The van der Waals surface area contributed by atoms with Gasteiger partial charge in [0.1, 0.15) is 29.9 Å². The van der Waals surface area contributed by atoms with Gasteiger partial charge in [-0.2, -0.15) is 0 Å². The van der Waals surface area contributed by atoms with Crippen LogP contribution >= 0.6 is 0 Å². The second-order valence-electron chi connectivity index (χ2n) is 16.2. The Balaban J connectivity index is 1.56. The number of aryl methyl sites for hydroxylation is 2. The molecule has 328 valence electrons. The first-order valence-electron chi connectivity index (χ1n) is 21.7. The van der Waals surface area contributed by atoms with Crippen molar-refractivity contribution in [3.63, 3.8) is 0 Å². The van der Waals surface area contributed by atoms with Crippen LogP contribution in [0.5, 0.6) is 17.2 Å². The average molecular weight is 840 g/mol. The first-order chi connectivity index (χ1) is 29.6. The van der Waals surface area contributed by atoms with Crippen LogP contribution in [0.15, 0.2) is 90.1 Å². The first kappa shape index (κ1) is 45.3. The number of carbonyl (C=O) groups is 1. The van der Waals surface area contributed by atoms with Crippen molar-refractivity contribution in [3.05, 3.63) is 117 Å². The van der Waals surface area contributed by atoms with Crippen LogP contribution in [-0.4, -0.2) is 76.6 Å². The van der Waals surface area contributed by atoms with Crippen molar-refractivity contribution in [2.24, 2.45) is 22.9 Å². The summed E-state index contributed by atoms with van der Waals surface area (Å²) in [6, 6.07) is 17.4. The van der Waals surface area contributed by atoms with Crippen LogP contribution in [-0.2, 0) is 20.9 Å². The summed E-state index contributed by atoms with van der Waals surface area (Å²) in [5, 5.41) is 36.0. The Bertz CT molecular complexity index is 2050. The van der Waals surface area contributed by atoms with Crippen LogP contribution in [0.25, 0.3) is 0 Å². The molecule has 1 saturated carbocycles. The number of ether oxygens (including phenoxy) is 4. The molecule has 2 aliphatic carbocycles. The molecule has 0 radical (unpaired) electrons. The highest BCUT2D eigenvalue weighted by atomic mass is 16.7. The van der Waals surface area contributed by atoms with Crippen molar-refractivity contribution >= 4 is 17.5 Å². The fraction of sp³-hybridized carbons (Fsp3) is 0.500. The molecule has 1 heterocycles. The Morgan fingerprint density at radius 2 is 1.72 bits per heavy atom. The molecule has 61 heavy (non-hydrogen) atoms. The zero-order valence-corrected chi connectivity index (χ0v) is 35.9. The predicted molar refractivity (Wildman–Crippen MR) is 233 cm³/mol. The van der Waals surface area contributed by atoms with Crippen molar-refractivity contribution < 1.29 is 43.7 Å². The van der Waals surface area contributed by atoms with Gasteiger partial charge in [0.15, 0.2) is 0 Å². The van der Waals surface area contributed by atoms with E-state index in [2.05, 4.69) is 32.6 Å². The molecule has 2 N–H and O–H groups in total. The number of oxime groups is 1. The number of carbonyl (C=O) groups excluding carboxylic acids is 1. The number of non-ortho nitro benzene ring substituents is 1. The Labute approximate surface area is 359 Å². The number of hydrogen-bond donors (Lipinski definition) is 2. The van der Waals surface area contributed by atoms with Gasteiger partial charge in [0.2, 0.25) is 5.79 Å². The number of amides is 1. The summed E-state index contributed by atoms with van der Waals surface area (Å²) >= 11 is 0. The second-order valence-corrected chi connectivity index (χ2v) is 16.2. The maximum absolute atomic E-state index is 14.1. The number of aliphatic hydroxyl groups is 2. The lowest BCUT2D eigenvalue weighted by Crippen LogP contribution is -2.70. The van der Waals surface area contributed by atoms with Gasteiger partial charge in [0.05, 0.1) is 29.8 Å². The molecule has 1 aliphatic heterocycles. The zero-order chi connectivity index (χ0) is 43.5. The number of benzene rings is 3. The molecule has 6 atom stereocenters. The Morgan fingerprint density at radius 1 is 1.00 bits per heavy atom. The Kier molecular flexibility index (Phi) is 15.6. The van der Waals surface area contributed by atoms with E-state index in [9.17, 15) is 25.1 Å². The molecule has 6 rings (SSSR count). The summed E-state index contributed by atoms with van der Waals surface area (Å²) < 4.78 is 26.6. The van der Waals surface area contributed by atoms with Crippen molar-refractivity contribution in [2.75, 3.05) is 33.0 Å². The molecular formula is C48H61N3O10. The van der Waals surface area contributed by atoms with E-state index >= 15 is 0 Å². The molecule has 1 amide bonds. The minimum Gasteiger partial charge on any atom is -0.459 e. The molecule has 0 aromatic heterocycles. The summed E-state index contributed by atoms with van der Waals surface area (Å²) in [6.07, 6.45) is 8.82. The second kappa shape index (κ2) is 21.0. The molecular weight excluding hydrogens is 779 g/mol. The summed E-state index contributed by atoms with van der Waals surface area (Å²) in [6.45, 7) is 12.8. The van der Waals surface area contributed by atoms with E-state index < -0.39 is 28.8 Å². The van der Waals surface area contributed by atoms with E-state index in [0.717, 1.165) is 48.1 Å². The smallest absolute Gasteiger partial charge is 0.410 e. The molecule has 0 bridgehead atoms. The number of nitro benzene ring substituents is 1. The first-order valence-corrected chi connectivity index (χ1v) is 21.7. The van der Waals surface area contributed by atoms with Gasteiger partial charge in [-0.05, 0) is 129 Å². The van der Waals surface area contributed by atoms with Gasteiger partial charge in [-0.25, -0.2) is 4.79 Å². The van der Waals surface area contributed by atoms with E-state index in [1.54, 1.807) is 30.0 Å². The maximum atomic E-state index is 14.1. The highest BCUT2D eigenvalue weighted by Gasteiger charge is 2.65. The summed E-state index contributed by atoms with van der Waals surface area (Å²) in [5.74, 6) is -0.0769. The lowest BCUT2D eigenvalue weighted by molar-refractivity contribution is -0.384. The normalized spacial score (nSPS) is 23.2. The third-order valence-electron chi connectivity index (χ3n) is 12.3. The van der Waals surface area contributed by atoms with Crippen molar-refractivity contribution in [2.45, 2.75) is 103 Å². The van der Waals surface area contributed by atoms with Gasteiger partial charge in [-0.1, -0.05) is 43.1 Å². The lowest BCUT2D eigenvalue weighted by Gasteiger charge is -2.59. The zero-order valence-electron chi connectivity index (χ0n) is 35.9. The standard InChI is InChI=1S/C48H61N3O10/c1-6-23-50(47(54)57-8-3)44-30-42(49-59-31-34-16-18-36(19-17-34)51(55)56)40-28-35(13-9-11-24-52)39(14-10-12-25-53)45-41-29-38(60-37-20-15-32(4)33(5)27-37)21-22-43(41)61-48(44,46(40)45)58-26-7-2/h7,15-22,27-29,35,39,44-46,52-53H,2,6,8-14,23-26,30-31H2,1,3-5H3/t35-,39+,44-,45+,46+,48+/m0/s1. The van der Waals surface area contributed by atoms with E-state index in [1.807, 2.05) is 37.3 Å². The van der Waals surface area contributed by atoms with Crippen LogP contribution in [0.1, 0.15) is 93.4 Å². The summed E-state index contributed by atoms with van der Waals surface area (Å²) in [7, 11) is 0. The van der Waals surface area contributed by atoms with E-state index in [1.165, 1.54) is 17.7 Å². The van der Waals surface area contributed by atoms with Crippen LogP contribution < -0.4 is 9.47 Å². The quantitative estimate of drug-likeness (QED) is 0.0457. The van der Waals surface area contributed by atoms with Gasteiger partial charge in [-0.15, -0.1) is 6.58 Å². The average Bonchev–Trinajstić information content (AvgIpc) is 3.25. The topological polar surface area (TPSA) is 162 Å². The third kappa shape index (κ3) is 10.1. The van der Waals surface area contributed by atoms with Crippen LogP contribution in [0.3, 0.4) is 0 Å². The summed E-state index contributed by atoms with van der Waals surface area (Å²) in [4.78, 5) is 32.8. The van der Waals surface area contributed by atoms with Crippen LogP contribution in [0.4, 0.5) is 10.5 Å². The number of aliphatic hydroxyl groups excluding tert-OH is 2. The van der Waals surface area contributed by atoms with Gasteiger partial charge < -0.3 is 34.0 Å². The van der Waals surface area contributed by atoms with Gasteiger partial charge in [-0.3, -0.25) is 15.0 Å². The minimum atomic E-state index is -1.42. The number of fused-ring (bicyclic) bond motifs is 2. The summed E-state index contributed by atoms with van der Waals surface area (Å²) in [5.41, 5.74) is 5.46. The molecule has 13 heteroatoms. The Morgan fingerprint density at radius 3 is 2.39 bits per heavy atom. The molecule has 1 fully saturated rings. The predicted octanol–water partition coefficient (Wildman–Crippen LogP) is 9.71. The number of hydrogen-bond acceptors (Lipinski definition) is 11. The molecule has 0 spiro atoms. The SMILES string of the molecule is C=CCO[C@@]12Oc3ccc(Oc4ccc(C)c(C)c4)cc3[C@H]3[C@H](CCCCO)[C@@H](CCCCO)C=C(C(=NOCc4ccc([N+](=O)[O-])cc4)C[C@@H]1N(CCC)C(=O)OCC)[C@H]32. The molecule has 3 aromatic carbocycles. The maximum Gasteiger partial charge on any atom is 0.410 e. The van der Waals surface area contributed by atoms with Gasteiger partial charge in [0, 0.05) is 49.8 Å². The highest BCUT2D eigenvalue weighted by Crippen LogP contribution is 2.62. The molecule has 0 saturated heterocycles. The number of allylic oxidation sites excluding steroid dienone is 1. The number of nitrogens with zero attached hydrogens (tertiary/aromatic N) is 3. The van der Waals surface area contributed by atoms with Crippen molar-refractivity contribution in [3.8, 4) is 17.2 Å². The highest BCUT2D eigenvalue weighted by molar-refractivity contribution is 6.03. The van der Waals surface area contributed by atoms with E-state index in [4.69, 9.17) is 28.9 Å². The Hall–Kier alpha value is -5.24. The third-order valence-corrected chi connectivity index (χ3v) is 12.3. The fourth-order valence-electron chi connectivity index (χ4n) is 9.35. The van der Waals surface area contributed by atoms with Crippen molar-refractivity contribution in [1.82, 2.24) is 4.90 Å². The van der Waals surface area contributed by atoms with Gasteiger partial charge >= 0.3 is 6.09 Å². The van der Waals surface area contributed by atoms with Crippen LogP contribution in [0.2, 0.25) is 0 Å². The molecule has 3 aliphatic rings. The van der Waals surface area contributed by atoms with E-state index in [0.29, 0.717) is 48.6 Å². The minimum absolute atomic E-state index is 0.0182. The lowest BCUT2D eigenvalue weighted by atomic mass is 9.55. The van der Waals surface area contributed by atoms with Crippen LogP contribution in [0, 0.1) is 41.7 Å². The molecule has 0 unspecified atom stereocenters. The fourth-order valence-corrected chi connectivity index (χ4v) is 9.35. The monoisotopic (exact) mass is 839 g/mol. The number of unbranched alkanes of at least 4 members (excludes halogenated alkanes) is 2. The largest absolute Gasteiger partial charge is 0.459 e.